The van der Waals surface area contributed by atoms with Crippen LogP contribution in [-0.4, -0.2) is 11.2 Å². The first kappa shape index (κ1) is 15.5. The zero-order chi connectivity index (χ0) is 15.4. The monoisotopic (exact) mass is 294 g/mol. The molecule has 0 spiro atoms. The molecule has 1 aromatic heterocycles. The lowest BCUT2D eigenvalue weighted by Crippen LogP contribution is -2.13. The van der Waals surface area contributed by atoms with Crippen molar-refractivity contribution in [3.05, 3.63) is 52.8 Å². The molecule has 0 unspecified atom stereocenters. The highest BCUT2D eigenvalue weighted by Gasteiger charge is 2.06. The van der Waals surface area contributed by atoms with Gasteiger partial charge in [-0.2, -0.15) is 8.78 Å². The molecular weight excluding hydrogens is 274 g/mol. The molecule has 1 heterocycles. The Hall–Kier alpha value is -1.88. The quantitative estimate of drug-likeness (QED) is 0.882. The van der Waals surface area contributed by atoms with E-state index in [-0.39, 0.29) is 5.75 Å². The summed E-state index contributed by atoms with van der Waals surface area (Å²) in [6.45, 7) is 2.86. The Morgan fingerprint density at radius 3 is 2.33 bits per heavy atom. The van der Waals surface area contributed by atoms with E-state index in [0.717, 1.165) is 12.1 Å². The van der Waals surface area contributed by atoms with Gasteiger partial charge in [0.15, 0.2) is 0 Å². The third-order valence-corrected chi connectivity index (χ3v) is 3.67. The molecule has 2 rings (SSSR count). The van der Waals surface area contributed by atoms with Crippen LogP contribution in [0, 0.1) is 13.8 Å². The number of aromatic nitrogens is 1. The van der Waals surface area contributed by atoms with E-state index in [0.29, 0.717) is 6.54 Å². The average molecular weight is 294 g/mol. The molecule has 0 saturated carbocycles. The number of aryl methyl sites for hydroxylation is 1. The number of nitrogens with zero attached hydrogens (tertiary/aromatic N) is 1. The lowest BCUT2D eigenvalue weighted by Gasteiger charge is -2.07. The van der Waals surface area contributed by atoms with E-state index < -0.39 is 6.61 Å². The summed E-state index contributed by atoms with van der Waals surface area (Å²) < 4.78 is 30.6. The highest BCUT2D eigenvalue weighted by molar-refractivity contribution is 5.28. The minimum atomic E-state index is -2.78. The summed E-state index contributed by atoms with van der Waals surface area (Å²) in [6.07, 6.45) is 0. The molecule has 0 amide bonds. The van der Waals surface area contributed by atoms with Gasteiger partial charge in [0, 0.05) is 31.5 Å². The Kier molecular flexibility index (Phi) is 4.96. The van der Waals surface area contributed by atoms with Crippen molar-refractivity contribution in [1.82, 2.24) is 9.88 Å². The molecule has 5 heteroatoms. The number of alkyl halides is 2. The van der Waals surface area contributed by atoms with Crippen molar-refractivity contribution >= 4 is 0 Å². The Morgan fingerprint density at radius 1 is 1.14 bits per heavy atom. The Morgan fingerprint density at radius 2 is 1.81 bits per heavy atom. The minimum Gasteiger partial charge on any atom is -0.435 e. The van der Waals surface area contributed by atoms with E-state index in [1.807, 2.05) is 0 Å². The highest BCUT2D eigenvalue weighted by Crippen LogP contribution is 2.16. The standard InChI is InChI=1S/C16H20F2N2O/c1-11-8-14(12(2)20(11)3)10-19-9-13-4-6-15(7-5-13)21-16(17)18/h4-8,16,19H,9-10H2,1-3H3. The van der Waals surface area contributed by atoms with Crippen LogP contribution >= 0.6 is 0 Å². The maximum atomic E-state index is 12.0. The summed E-state index contributed by atoms with van der Waals surface area (Å²) in [5, 5.41) is 3.36. The number of ether oxygens (including phenoxy) is 1. The molecule has 0 aliphatic heterocycles. The second-order valence-corrected chi connectivity index (χ2v) is 5.08. The molecule has 0 aliphatic rings. The largest absolute Gasteiger partial charge is 0.435 e. The summed E-state index contributed by atoms with van der Waals surface area (Å²) in [4.78, 5) is 0. The first-order valence-electron chi connectivity index (χ1n) is 6.83. The molecule has 0 saturated heterocycles. The summed E-state index contributed by atoms with van der Waals surface area (Å²) >= 11 is 0. The minimum absolute atomic E-state index is 0.184. The predicted octanol–water partition coefficient (Wildman–Crippen LogP) is 3.53. The van der Waals surface area contributed by atoms with Crippen LogP contribution in [0.5, 0.6) is 5.75 Å². The van der Waals surface area contributed by atoms with Crippen molar-refractivity contribution in [2.45, 2.75) is 33.5 Å². The Bertz CT molecular complexity index is 591. The Balaban J connectivity index is 1.87. The van der Waals surface area contributed by atoms with Gasteiger partial charge in [0.25, 0.3) is 0 Å². The van der Waals surface area contributed by atoms with Crippen LogP contribution in [-0.2, 0) is 20.1 Å². The van der Waals surface area contributed by atoms with E-state index in [1.165, 1.54) is 17.0 Å². The zero-order valence-corrected chi connectivity index (χ0v) is 12.5. The van der Waals surface area contributed by atoms with Gasteiger partial charge in [0.05, 0.1) is 0 Å². The summed E-state index contributed by atoms with van der Waals surface area (Å²) in [5.74, 6) is 0.184. The van der Waals surface area contributed by atoms with Crippen molar-refractivity contribution in [1.29, 1.82) is 0 Å². The molecular formula is C16H20F2N2O. The predicted molar refractivity (Wildman–Crippen MR) is 78.5 cm³/mol. The first-order valence-corrected chi connectivity index (χ1v) is 6.83. The normalized spacial score (nSPS) is 11.1. The smallest absolute Gasteiger partial charge is 0.387 e. The van der Waals surface area contributed by atoms with Crippen molar-refractivity contribution in [2.24, 2.45) is 7.05 Å². The van der Waals surface area contributed by atoms with Gasteiger partial charge in [-0.05, 0) is 43.2 Å². The average Bonchev–Trinajstić information content (AvgIpc) is 2.68. The highest BCUT2D eigenvalue weighted by atomic mass is 19.3. The van der Waals surface area contributed by atoms with E-state index in [1.54, 1.807) is 24.3 Å². The second-order valence-electron chi connectivity index (χ2n) is 5.08. The van der Waals surface area contributed by atoms with Gasteiger partial charge in [-0.25, -0.2) is 0 Å². The van der Waals surface area contributed by atoms with Crippen LogP contribution in [0.1, 0.15) is 22.5 Å². The number of hydrogen-bond acceptors (Lipinski definition) is 2. The van der Waals surface area contributed by atoms with Crippen molar-refractivity contribution in [3.8, 4) is 5.75 Å². The lowest BCUT2D eigenvalue weighted by atomic mass is 10.2. The van der Waals surface area contributed by atoms with Gasteiger partial charge in [0.1, 0.15) is 5.75 Å². The fourth-order valence-electron chi connectivity index (χ4n) is 2.24. The van der Waals surface area contributed by atoms with Crippen molar-refractivity contribution < 1.29 is 13.5 Å². The van der Waals surface area contributed by atoms with Crippen molar-refractivity contribution in [2.75, 3.05) is 0 Å². The molecule has 0 atom stereocenters. The van der Waals surface area contributed by atoms with Gasteiger partial charge in [-0.3, -0.25) is 0 Å². The van der Waals surface area contributed by atoms with Gasteiger partial charge in [-0.1, -0.05) is 12.1 Å². The second kappa shape index (κ2) is 6.72. The van der Waals surface area contributed by atoms with Crippen LogP contribution in [0.25, 0.3) is 0 Å². The summed E-state index contributed by atoms with van der Waals surface area (Å²) in [5.41, 5.74) is 4.79. The lowest BCUT2D eigenvalue weighted by molar-refractivity contribution is -0.0498. The third-order valence-electron chi connectivity index (χ3n) is 3.67. The molecule has 0 bridgehead atoms. The van der Waals surface area contributed by atoms with Crippen LogP contribution in [0.15, 0.2) is 30.3 Å². The van der Waals surface area contributed by atoms with Crippen molar-refractivity contribution in [3.63, 3.8) is 0 Å². The fraction of sp³-hybridized carbons (Fsp3) is 0.375. The summed E-state index contributed by atoms with van der Waals surface area (Å²) in [6, 6.07) is 8.85. The van der Waals surface area contributed by atoms with Gasteiger partial charge in [-0.15, -0.1) is 0 Å². The zero-order valence-electron chi connectivity index (χ0n) is 12.5. The number of hydrogen-bond donors (Lipinski definition) is 1. The molecule has 0 aliphatic carbocycles. The fourth-order valence-corrected chi connectivity index (χ4v) is 2.24. The van der Waals surface area contributed by atoms with Gasteiger partial charge >= 0.3 is 6.61 Å². The molecule has 21 heavy (non-hydrogen) atoms. The topological polar surface area (TPSA) is 26.2 Å². The number of benzene rings is 1. The molecule has 3 nitrogen and oxygen atoms in total. The van der Waals surface area contributed by atoms with Crippen LogP contribution in [0.3, 0.4) is 0 Å². The number of nitrogens with one attached hydrogen (secondary N) is 1. The molecule has 2 aromatic rings. The SMILES string of the molecule is Cc1cc(CNCc2ccc(OC(F)F)cc2)c(C)n1C. The molecule has 0 radical (unpaired) electrons. The van der Waals surface area contributed by atoms with Gasteiger partial charge in [0.2, 0.25) is 0 Å². The van der Waals surface area contributed by atoms with E-state index in [2.05, 4.69) is 41.6 Å². The van der Waals surface area contributed by atoms with Crippen LogP contribution in [0.4, 0.5) is 8.78 Å². The molecule has 1 aromatic carbocycles. The van der Waals surface area contributed by atoms with E-state index >= 15 is 0 Å². The van der Waals surface area contributed by atoms with E-state index in [4.69, 9.17) is 0 Å². The van der Waals surface area contributed by atoms with Crippen LogP contribution in [0.2, 0.25) is 0 Å². The summed E-state index contributed by atoms with van der Waals surface area (Å²) in [7, 11) is 2.05. The molecule has 0 fully saturated rings. The number of halogens is 2. The van der Waals surface area contributed by atoms with Crippen LogP contribution < -0.4 is 10.1 Å². The molecule has 114 valence electrons. The third kappa shape index (κ3) is 4.04. The van der Waals surface area contributed by atoms with E-state index in [9.17, 15) is 8.78 Å². The first-order chi connectivity index (χ1) is 9.97. The maximum Gasteiger partial charge on any atom is 0.387 e. The molecule has 1 N–H and O–H groups in total. The Labute approximate surface area is 123 Å². The number of rotatable bonds is 6. The van der Waals surface area contributed by atoms with Gasteiger partial charge < -0.3 is 14.6 Å². The maximum absolute atomic E-state index is 12.0.